The van der Waals surface area contributed by atoms with Crippen LogP contribution in [0.3, 0.4) is 0 Å². The molecule has 7 heteroatoms. The summed E-state index contributed by atoms with van der Waals surface area (Å²) in [5, 5.41) is 11.2. The Balaban J connectivity index is 2.64. The largest absolute Gasteiger partial charge is 0.480 e. The monoisotopic (exact) mass is 292 g/mol. The fraction of sp³-hybridized carbons (Fsp3) is 0.214. The standard InChI is InChI=1S/C14H16N2O5/c1-21-8-11(14(19)20)16-12(17)7-4-9-2-5-10(6-3-9)13(15)18/h2-7,11H,8H2,1H3,(H2,15,18)(H,16,17)(H,19,20)/b7-4+. The Hall–Kier alpha value is -2.67. The molecule has 21 heavy (non-hydrogen) atoms. The fourth-order valence-corrected chi connectivity index (χ4v) is 1.49. The fourth-order valence-electron chi connectivity index (χ4n) is 1.49. The minimum atomic E-state index is -1.18. The van der Waals surface area contributed by atoms with Crippen LogP contribution in [0, 0.1) is 0 Å². The van der Waals surface area contributed by atoms with Crippen molar-refractivity contribution >= 4 is 23.9 Å². The number of carboxylic acids is 1. The van der Waals surface area contributed by atoms with E-state index in [1.807, 2.05) is 0 Å². The number of carbonyl (C=O) groups is 3. The van der Waals surface area contributed by atoms with Gasteiger partial charge in [0.15, 0.2) is 6.04 Å². The number of benzene rings is 1. The Bertz CT molecular complexity index is 551. The average molecular weight is 292 g/mol. The summed E-state index contributed by atoms with van der Waals surface area (Å²) in [6, 6.07) is 5.20. The molecule has 1 aromatic rings. The number of hydrogen-bond acceptors (Lipinski definition) is 4. The van der Waals surface area contributed by atoms with Crippen LogP contribution in [0.2, 0.25) is 0 Å². The zero-order valence-electron chi connectivity index (χ0n) is 11.4. The first-order valence-electron chi connectivity index (χ1n) is 6.04. The van der Waals surface area contributed by atoms with Gasteiger partial charge in [0.25, 0.3) is 0 Å². The van der Waals surface area contributed by atoms with Crippen LogP contribution in [-0.4, -0.2) is 42.6 Å². The first-order chi connectivity index (χ1) is 9.93. The van der Waals surface area contributed by atoms with E-state index in [1.165, 1.54) is 31.4 Å². The molecule has 1 rings (SSSR count). The quantitative estimate of drug-likeness (QED) is 0.612. The van der Waals surface area contributed by atoms with E-state index < -0.39 is 23.8 Å². The van der Waals surface area contributed by atoms with Gasteiger partial charge >= 0.3 is 5.97 Å². The molecule has 0 aliphatic rings. The highest BCUT2D eigenvalue weighted by molar-refractivity contribution is 5.95. The summed E-state index contributed by atoms with van der Waals surface area (Å²) < 4.78 is 4.70. The number of carbonyl (C=O) groups excluding carboxylic acids is 2. The minimum absolute atomic E-state index is 0.123. The summed E-state index contributed by atoms with van der Waals surface area (Å²) in [5.41, 5.74) is 6.15. The van der Waals surface area contributed by atoms with Gasteiger partial charge in [-0.2, -0.15) is 0 Å². The highest BCUT2D eigenvalue weighted by atomic mass is 16.5. The lowest BCUT2D eigenvalue weighted by atomic mass is 10.1. The Morgan fingerprint density at radius 2 is 1.95 bits per heavy atom. The summed E-state index contributed by atoms with van der Waals surface area (Å²) in [7, 11) is 1.35. The number of aliphatic carboxylic acids is 1. The first kappa shape index (κ1) is 16.4. The maximum atomic E-state index is 11.6. The molecule has 0 radical (unpaired) electrons. The second kappa shape index (κ2) is 7.81. The van der Waals surface area contributed by atoms with Gasteiger partial charge in [-0.15, -0.1) is 0 Å². The number of ether oxygens (including phenoxy) is 1. The van der Waals surface area contributed by atoms with Crippen molar-refractivity contribution in [2.24, 2.45) is 5.73 Å². The zero-order valence-corrected chi connectivity index (χ0v) is 11.4. The van der Waals surface area contributed by atoms with Gasteiger partial charge in [-0.25, -0.2) is 4.79 Å². The molecule has 0 saturated heterocycles. The second-order valence-corrected chi connectivity index (χ2v) is 4.17. The molecule has 0 aromatic heterocycles. The Kier molecular flexibility index (Phi) is 6.09. The number of nitrogens with two attached hydrogens (primary N) is 1. The Labute approximate surface area is 121 Å². The highest BCUT2D eigenvalue weighted by Gasteiger charge is 2.18. The van der Waals surface area contributed by atoms with E-state index in [4.69, 9.17) is 15.6 Å². The van der Waals surface area contributed by atoms with Gasteiger partial charge in [-0.05, 0) is 23.8 Å². The summed E-state index contributed by atoms with van der Waals surface area (Å²) in [6.07, 6.45) is 2.69. The predicted molar refractivity (Wildman–Crippen MR) is 75.4 cm³/mol. The molecule has 0 spiro atoms. The van der Waals surface area contributed by atoms with E-state index in [2.05, 4.69) is 5.32 Å². The van der Waals surface area contributed by atoms with Crippen molar-refractivity contribution < 1.29 is 24.2 Å². The number of rotatable bonds is 7. The number of carboxylic acid groups (broad SMARTS) is 1. The van der Waals surface area contributed by atoms with E-state index in [-0.39, 0.29) is 6.61 Å². The molecule has 0 aliphatic carbocycles. The summed E-state index contributed by atoms with van der Waals surface area (Å²) >= 11 is 0. The van der Waals surface area contributed by atoms with Gasteiger partial charge in [0.1, 0.15) is 0 Å². The van der Waals surface area contributed by atoms with Crippen LogP contribution in [0.25, 0.3) is 6.08 Å². The molecule has 0 saturated carbocycles. The molecule has 1 unspecified atom stereocenters. The van der Waals surface area contributed by atoms with Crippen LogP contribution in [0.5, 0.6) is 0 Å². The molecular weight excluding hydrogens is 276 g/mol. The molecule has 4 N–H and O–H groups in total. The number of nitrogens with one attached hydrogen (secondary N) is 1. The van der Waals surface area contributed by atoms with Crippen molar-refractivity contribution in [3.63, 3.8) is 0 Å². The third-order valence-corrected chi connectivity index (χ3v) is 2.57. The van der Waals surface area contributed by atoms with Gasteiger partial charge in [-0.3, -0.25) is 9.59 Å². The molecule has 0 fully saturated rings. The van der Waals surface area contributed by atoms with Crippen LogP contribution in [0.15, 0.2) is 30.3 Å². The van der Waals surface area contributed by atoms with Gasteiger partial charge in [0, 0.05) is 18.7 Å². The van der Waals surface area contributed by atoms with E-state index in [1.54, 1.807) is 12.1 Å². The van der Waals surface area contributed by atoms with E-state index in [9.17, 15) is 14.4 Å². The molecule has 0 aliphatic heterocycles. The van der Waals surface area contributed by atoms with Gasteiger partial charge < -0.3 is 20.9 Å². The van der Waals surface area contributed by atoms with Crippen LogP contribution < -0.4 is 11.1 Å². The van der Waals surface area contributed by atoms with Gasteiger partial charge in [0.2, 0.25) is 11.8 Å². The topological polar surface area (TPSA) is 119 Å². The van der Waals surface area contributed by atoms with Crippen molar-refractivity contribution in [1.82, 2.24) is 5.32 Å². The SMILES string of the molecule is COCC(NC(=O)/C=C/c1ccc(C(N)=O)cc1)C(=O)O. The maximum absolute atomic E-state index is 11.6. The third kappa shape index (κ3) is 5.45. The van der Waals surface area contributed by atoms with Crippen molar-refractivity contribution in [1.29, 1.82) is 0 Å². The van der Waals surface area contributed by atoms with Crippen LogP contribution in [-0.2, 0) is 14.3 Å². The molecule has 1 aromatic carbocycles. The first-order valence-corrected chi connectivity index (χ1v) is 6.04. The Morgan fingerprint density at radius 1 is 1.33 bits per heavy atom. The lowest BCUT2D eigenvalue weighted by molar-refractivity contribution is -0.142. The van der Waals surface area contributed by atoms with Crippen LogP contribution in [0.4, 0.5) is 0 Å². The lowest BCUT2D eigenvalue weighted by Crippen LogP contribution is -2.43. The smallest absolute Gasteiger partial charge is 0.328 e. The average Bonchev–Trinajstić information content (AvgIpc) is 2.45. The molecule has 1 atom stereocenters. The molecule has 7 nitrogen and oxygen atoms in total. The second-order valence-electron chi connectivity index (χ2n) is 4.17. The van der Waals surface area contributed by atoms with Crippen LogP contribution >= 0.6 is 0 Å². The summed E-state index contributed by atoms with van der Waals surface area (Å²) in [4.78, 5) is 33.3. The lowest BCUT2D eigenvalue weighted by Gasteiger charge is -2.11. The van der Waals surface area contributed by atoms with Crippen molar-refractivity contribution in [2.45, 2.75) is 6.04 Å². The molecule has 112 valence electrons. The molecule has 0 bridgehead atoms. The zero-order chi connectivity index (χ0) is 15.8. The van der Waals surface area contributed by atoms with Gasteiger partial charge in [-0.1, -0.05) is 12.1 Å². The van der Waals surface area contributed by atoms with E-state index in [0.717, 1.165) is 0 Å². The Morgan fingerprint density at radius 3 is 2.43 bits per heavy atom. The van der Waals surface area contributed by atoms with Crippen molar-refractivity contribution in [3.05, 3.63) is 41.5 Å². The van der Waals surface area contributed by atoms with E-state index in [0.29, 0.717) is 11.1 Å². The normalized spacial score (nSPS) is 12.0. The van der Waals surface area contributed by atoms with E-state index >= 15 is 0 Å². The molecular formula is C14H16N2O5. The van der Waals surface area contributed by atoms with Crippen molar-refractivity contribution in [2.75, 3.05) is 13.7 Å². The van der Waals surface area contributed by atoms with Crippen molar-refractivity contribution in [3.8, 4) is 0 Å². The maximum Gasteiger partial charge on any atom is 0.328 e. The molecule has 0 heterocycles. The number of primary amides is 1. The van der Waals surface area contributed by atoms with Crippen LogP contribution in [0.1, 0.15) is 15.9 Å². The number of hydrogen-bond donors (Lipinski definition) is 3. The van der Waals surface area contributed by atoms with Gasteiger partial charge in [0.05, 0.1) is 6.61 Å². The third-order valence-electron chi connectivity index (χ3n) is 2.57. The summed E-state index contributed by atoms with van der Waals surface area (Å²) in [5.74, 6) is -2.27. The number of amides is 2. The highest BCUT2D eigenvalue weighted by Crippen LogP contribution is 2.05. The minimum Gasteiger partial charge on any atom is -0.480 e. The number of methoxy groups -OCH3 is 1. The summed E-state index contributed by atoms with van der Waals surface area (Å²) in [6.45, 7) is -0.123. The molecule has 2 amide bonds. The predicted octanol–water partition coefficient (Wildman–Crippen LogP) is 0.0145.